The minimum absolute atomic E-state index is 0.404. The van der Waals surface area contributed by atoms with Crippen LogP contribution in [0.1, 0.15) is 39.5 Å². The number of aldehydes is 1. The molecule has 18 heavy (non-hydrogen) atoms. The van der Waals surface area contributed by atoms with Crippen molar-refractivity contribution in [1.82, 2.24) is 5.32 Å². The highest BCUT2D eigenvalue weighted by molar-refractivity contribution is 5.80. The summed E-state index contributed by atoms with van der Waals surface area (Å²) < 4.78 is 0. The van der Waals surface area contributed by atoms with Crippen LogP contribution in [0.5, 0.6) is 0 Å². The number of hydrogen-bond acceptors (Lipinski definition) is 4. The zero-order valence-electron chi connectivity index (χ0n) is 11.2. The van der Waals surface area contributed by atoms with Crippen molar-refractivity contribution in [1.29, 1.82) is 0 Å². The average Bonchev–Trinajstić information content (AvgIpc) is 2.31. The Morgan fingerprint density at radius 2 is 2.11 bits per heavy atom. The molecule has 1 aliphatic rings. The van der Waals surface area contributed by atoms with Crippen molar-refractivity contribution in [2.45, 2.75) is 51.7 Å². The van der Waals surface area contributed by atoms with Crippen molar-refractivity contribution in [3.8, 4) is 0 Å². The quantitative estimate of drug-likeness (QED) is 0.592. The number of amides is 1. The summed E-state index contributed by atoms with van der Waals surface area (Å²) in [6.07, 6.45) is 3.85. The predicted molar refractivity (Wildman–Crippen MR) is 68.8 cm³/mol. The molecule has 0 aromatic carbocycles. The van der Waals surface area contributed by atoms with E-state index in [2.05, 4.69) is 12.2 Å². The Labute approximate surface area is 108 Å². The lowest BCUT2D eigenvalue weighted by molar-refractivity contribution is -0.124. The van der Waals surface area contributed by atoms with Crippen molar-refractivity contribution < 1.29 is 14.7 Å². The molecular formula is C13H24N2O3. The molecule has 0 saturated heterocycles. The Balaban J connectivity index is 2.58. The van der Waals surface area contributed by atoms with Crippen LogP contribution < -0.4 is 11.1 Å². The highest BCUT2D eigenvalue weighted by Crippen LogP contribution is 2.36. The van der Waals surface area contributed by atoms with Crippen molar-refractivity contribution in [2.75, 3.05) is 6.54 Å². The third-order valence-electron chi connectivity index (χ3n) is 3.98. The molecule has 0 spiro atoms. The molecule has 1 fully saturated rings. The minimum atomic E-state index is -0.853. The standard InChI is InChI=1S/C13H24N2O3/c1-9-3-5-13(8-16,6-4-9)7-15-11(10(2)17)12(14)18/h8-11,15,17H,3-7H2,1-2H3,(H2,14,18)/t9?,10-,11+,13?/m1/s1. The van der Waals surface area contributed by atoms with Gasteiger partial charge in [0, 0.05) is 12.0 Å². The van der Waals surface area contributed by atoms with Crippen LogP contribution >= 0.6 is 0 Å². The van der Waals surface area contributed by atoms with E-state index in [1.54, 1.807) is 0 Å². The number of aliphatic hydroxyl groups is 1. The fraction of sp³-hybridized carbons (Fsp3) is 0.846. The van der Waals surface area contributed by atoms with Crippen molar-refractivity contribution in [2.24, 2.45) is 17.1 Å². The smallest absolute Gasteiger partial charge is 0.237 e. The summed E-state index contributed by atoms with van der Waals surface area (Å²) in [4.78, 5) is 22.5. The van der Waals surface area contributed by atoms with Gasteiger partial charge >= 0.3 is 0 Å². The van der Waals surface area contributed by atoms with Gasteiger partial charge in [-0.15, -0.1) is 0 Å². The van der Waals surface area contributed by atoms with Gasteiger partial charge in [-0.05, 0) is 38.5 Å². The Bertz CT molecular complexity index is 297. The molecule has 0 unspecified atom stereocenters. The molecule has 1 amide bonds. The largest absolute Gasteiger partial charge is 0.391 e. The summed E-state index contributed by atoms with van der Waals surface area (Å²) in [5.41, 5.74) is 4.80. The van der Waals surface area contributed by atoms with Crippen LogP contribution in [0.4, 0.5) is 0 Å². The van der Waals surface area contributed by atoms with Gasteiger partial charge < -0.3 is 21.0 Å². The number of carbonyl (C=O) groups is 2. The number of aliphatic hydroxyl groups excluding tert-OH is 1. The average molecular weight is 256 g/mol. The molecular weight excluding hydrogens is 232 g/mol. The van der Waals surface area contributed by atoms with Crippen LogP contribution in [0.15, 0.2) is 0 Å². The molecule has 2 atom stereocenters. The third-order valence-corrected chi connectivity index (χ3v) is 3.98. The van der Waals surface area contributed by atoms with E-state index < -0.39 is 23.5 Å². The van der Waals surface area contributed by atoms with Crippen molar-refractivity contribution in [3.05, 3.63) is 0 Å². The van der Waals surface area contributed by atoms with Crippen LogP contribution in [-0.4, -0.2) is 36.0 Å². The number of nitrogens with one attached hydrogen (secondary N) is 1. The molecule has 0 aromatic rings. The van der Waals surface area contributed by atoms with Crippen LogP contribution in [0, 0.1) is 11.3 Å². The lowest BCUT2D eigenvalue weighted by atomic mass is 9.71. The number of carbonyl (C=O) groups excluding carboxylic acids is 2. The first-order valence-corrected chi connectivity index (χ1v) is 6.57. The molecule has 5 heteroatoms. The van der Waals surface area contributed by atoms with Crippen LogP contribution in [0.25, 0.3) is 0 Å². The number of rotatable bonds is 6. The molecule has 104 valence electrons. The van der Waals surface area contributed by atoms with Gasteiger partial charge in [-0.25, -0.2) is 0 Å². The van der Waals surface area contributed by atoms with E-state index in [1.165, 1.54) is 6.92 Å². The third kappa shape index (κ3) is 3.78. The van der Waals surface area contributed by atoms with E-state index >= 15 is 0 Å². The monoisotopic (exact) mass is 256 g/mol. The van der Waals surface area contributed by atoms with E-state index in [0.29, 0.717) is 12.5 Å². The van der Waals surface area contributed by atoms with Crippen LogP contribution in [0.3, 0.4) is 0 Å². The summed E-state index contributed by atoms with van der Waals surface area (Å²) in [5, 5.41) is 12.4. The normalized spacial score (nSPS) is 31.6. The molecule has 0 aromatic heterocycles. The Morgan fingerprint density at radius 3 is 2.50 bits per heavy atom. The molecule has 0 heterocycles. The van der Waals surface area contributed by atoms with Crippen LogP contribution in [0.2, 0.25) is 0 Å². The zero-order valence-corrected chi connectivity index (χ0v) is 11.2. The first-order valence-electron chi connectivity index (χ1n) is 6.57. The summed E-state index contributed by atoms with van der Waals surface area (Å²) >= 11 is 0. The molecule has 1 rings (SSSR count). The second-order valence-corrected chi connectivity index (χ2v) is 5.66. The van der Waals surface area contributed by atoms with Gasteiger partial charge in [0.1, 0.15) is 12.3 Å². The SMILES string of the molecule is CC1CCC(C=O)(CN[C@H](C(N)=O)[C@@H](C)O)CC1. The highest BCUT2D eigenvalue weighted by atomic mass is 16.3. The van der Waals surface area contributed by atoms with Gasteiger partial charge in [0.25, 0.3) is 0 Å². The fourth-order valence-corrected chi connectivity index (χ4v) is 2.50. The Kier molecular flexibility index (Phi) is 5.28. The Morgan fingerprint density at radius 1 is 1.56 bits per heavy atom. The lowest BCUT2D eigenvalue weighted by Gasteiger charge is -2.36. The van der Waals surface area contributed by atoms with Gasteiger partial charge in [0.15, 0.2) is 0 Å². The molecule has 1 saturated carbocycles. The zero-order chi connectivity index (χ0) is 13.8. The molecule has 5 nitrogen and oxygen atoms in total. The van der Waals surface area contributed by atoms with E-state index in [-0.39, 0.29) is 0 Å². The van der Waals surface area contributed by atoms with E-state index in [4.69, 9.17) is 5.73 Å². The maximum Gasteiger partial charge on any atom is 0.237 e. The van der Waals surface area contributed by atoms with E-state index in [1.807, 2.05) is 0 Å². The Hall–Kier alpha value is -0.940. The van der Waals surface area contributed by atoms with Crippen molar-refractivity contribution >= 4 is 12.2 Å². The lowest BCUT2D eigenvalue weighted by Crippen LogP contribution is -2.52. The van der Waals surface area contributed by atoms with Crippen molar-refractivity contribution in [3.63, 3.8) is 0 Å². The predicted octanol–water partition coefficient (Wildman–Crippen LogP) is 0.206. The van der Waals surface area contributed by atoms with Gasteiger partial charge in [-0.1, -0.05) is 6.92 Å². The van der Waals surface area contributed by atoms with Crippen LogP contribution in [-0.2, 0) is 9.59 Å². The number of nitrogens with two attached hydrogens (primary N) is 1. The second-order valence-electron chi connectivity index (χ2n) is 5.66. The van der Waals surface area contributed by atoms with E-state index in [0.717, 1.165) is 32.0 Å². The molecule has 0 aliphatic heterocycles. The molecule has 0 bridgehead atoms. The van der Waals surface area contributed by atoms with E-state index in [9.17, 15) is 14.7 Å². The summed E-state index contributed by atoms with van der Waals surface area (Å²) in [5.74, 6) is 0.0667. The summed E-state index contributed by atoms with van der Waals surface area (Å²) in [6, 6.07) is -0.791. The number of primary amides is 1. The summed E-state index contributed by atoms with van der Waals surface area (Å²) in [6.45, 7) is 4.10. The fourth-order valence-electron chi connectivity index (χ4n) is 2.50. The maximum atomic E-state index is 11.3. The summed E-state index contributed by atoms with van der Waals surface area (Å²) in [7, 11) is 0. The molecule has 1 aliphatic carbocycles. The first kappa shape index (κ1) is 15.1. The van der Waals surface area contributed by atoms with Gasteiger partial charge in [-0.3, -0.25) is 4.79 Å². The van der Waals surface area contributed by atoms with Gasteiger partial charge in [0.2, 0.25) is 5.91 Å². The topological polar surface area (TPSA) is 92.4 Å². The first-order chi connectivity index (χ1) is 8.40. The molecule has 4 N–H and O–H groups in total. The second kappa shape index (κ2) is 6.29. The number of hydrogen-bond donors (Lipinski definition) is 3. The highest BCUT2D eigenvalue weighted by Gasteiger charge is 2.35. The minimum Gasteiger partial charge on any atom is -0.391 e. The van der Waals surface area contributed by atoms with Gasteiger partial charge in [0.05, 0.1) is 6.10 Å². The van der Waals surface area contributed by atoms with Gasteiger partial charge in [-0.2, -0.15) is 0 Å². The maximum absolute atomic E-state index is 11.3. The molecule has 0 radical (unpaired) electrons.